The van der Waals surface area contributed by atoms with Crippen molar-refractivity contribution in [3.8, 4) is 0 Å². The van der Waals surface area contributed by atoms with Gasteiger partial charge in [-0.05, 0) is 25.0 Å². The number of ether oxygens (including phenoxy) is 2. The molecule has 5 nitrogen and oxygen atoms in total. The summed E-state index contributed by atoms with van der Waals surface area (Å²) in [5.74, 6) is -0.300. The number of aryl methyl sites for hydroxylation is 1. The van der Waals surface area contributed by atoms with Crippen LogP contribution in [0.25, 0.3) is 0 Å². The van der Waals surface area contributed by atoms with Crippen LogP contribution >= 0.6 is 0 Å². The third-order valence-corrected chi connectivity index (χ3v) is 5.01. The number of nitrogens with one attached hydrogen (secondary N) is 1. The van der Waals surface area contributed by atoms with Crippen LogP contribution in [0.15, 0.2) is 24.3 Å². The Morgan fingerprint density at radius 2 is 1.91 bits per heavy atom. The lowest BCUT2D eigenvalue weighted by molar-refractivity contribution is -0.188. The molecule has 1 aromatic carbocycles. The van der Waals surface area contributed by atoms with Gasteiger partial charge in [0.2, 0.25) is 5.91 Å². The molecule has 126 valence electrons. The van der Waals surface area contributed by atoms with Gasteiger partial charge < -0.3 is 14.8 Å². The zero-order valence-corrected chi connectivity index (χ0v) is 14.0. The van der Waals surface area contributed by atoms with E-state index in [0.717, 1.165) is 25.9 Å². The number of hydrogen-bond donors (Lipinski definition) is 1. The predicted octanol–water partition coefficient (Wildman–Crippen LogP) is 1.84. The van der Waals surface area contributed by atoms with Gasteiger partial charge in [0.15, 0.2) is 5.79 Å². The molecule has 5 heteroatoms. The second-order valence-electron chi connectivity index (χ2n) is 6.46. The number of rotatable bonds is 4. The van der Waals surface area contributed by atoms with Gasteiger partial charge in [0.25, 0.3) is 0 Å². The number of benzene rings is 1. The van der Waals surface area contributed by atoms with Crippen LogP contribution < -0.4 is 5.32 Å². The normalized spacial score (nSPS) is 22.2. The summed E-state index contributed by atoms with van der Waals surface area (Å²) in [7, 11) is 0. The summed E-state index contributed by atoms with van der Waals surface area (Å²) >= 11 is 0. The number of hydrogen-bond acceptors (Lipinski definition) is 4. The van der Waals surface area contributed by atoms with E-state index in [1.165, 1.54) is 11.1 Å². The number of nitrogens with zero attached hydrogens (tertiary/aromatic N) is 1. The number of likely N-dealkylation sites (tertiary alicyclic amines) is 1. The number of carbonyl (C=O) groups excluding carboxylic acids is 1. The largest absolute Gasteiger partial charge is 0.351 e. The molecule has 1 unspecified atom stereocenters. The smallest absolute Gasteiger partial charge is 0.237 e. The van der Waals surface area contributed by atoms with Crippen molar-refractivity contribution >= 4 is 5.91 Å². The van der Waals surface area contributed by atoms with Crippen LogP contribution in [0.2, 0.25) is 0 Å². The number of amides is 1. The minimum absolute atomic E-state index is 0.0810. The van der Waals surface area contributed by atoms with E-state index in [2.05, 4.69) is 29.3 Å². The van der Waals surface area contributed by atoms with Crippen molar-refractivity contribution in [2.75, 3.05) is 26.3 Å². The molecule has 23 heavy (non-hydrogen) atoms. The molecule has 2 aliphatic rings. The van der Waals surface area contributed by atoms with E-state index in [4.69, 9.17) is 9.47 Å². The van der Waals surface area contributed by atoms with Crippen LogP contribution in [0.1, 0.15) is 30.9 Å². The third kappa shape index (κ3) is 3.74. The van der Waals surface area contributed by atoms with Crippen molar-refractivity contribution in [1.82, 2.24) is 10.2 Å². The molecule has 0 aliphatic carbocycles. The first kappa shape index (κ1) is 16.4. The summed E-state index contributed by atoms with van der Waals surface area (Å²) in [6, 6.07) is 8.01. The molecule has 2 saturated heterocycles. The summed E-state index contributed by atoms with van der Waals surface area (Å²) in [4.78, 5) is 14.6. The predicted molar refractivity (Wildman–Crippen MR) is 87.9 cm³/mol. The highest BCUT2D eigenvalue weighted by atomic mass is 16.7. The van der Waals surface area contributed by atoms with Gasteiger partial charge in [0.05, 0.1) is 19.3 Å². The SMILES string of the molecule is Cc1ccccc1CNC(=O)C(C)N1CCC2(CC1)OCCO2. The molecule has 0 bridgehead atoms. The maximum atomic E-state index is 12.4. The molecule has 2 fully saturated rings. The molecule has 2 aliphatic heterocycles. The van der Waals surface area contributed by atoms with E-state index in [0.29, 0.717) is 19.8 Å². The Morgan fingerprint density at radius 1 is 1.26 bits per heavy atom. The molecule has 1 spiro atoms. The van der Waals surface area contributed by atoms with E-state index >= 15 is 0 Å². The second kappa shape index (κ2) is 6.99. The first-order valence-corrected chi connectivity index (χ1v) is 8.44. The average molecular weight is 318 g/mol. The van der Waals surface area contributed by atoms with E-state index in [1.807, 2.05) is 19.1 Å². The average Bonchev–Trinajstić information content (AvgIpc) is 3.02. The lowest BCUT2D eigenvalue weighted by Crippen LogP contribution is -2.52. The lowest BCUT2D eigenvalue weighted by Gasteiger charge is -2.39. The van der Waals surface area contributed by atoms with Crippen LogP contribution in [0.4, 0.5) is 0 Å². The number of piperidine rings is 1. The Kier molecular flexibility index (Phi) is 4.99. The Bertz CT molecular complexity index is 545. The summed E-state index contributed by atoms with van der Waals surface area (Å²) in [5, 5.41) is 3.05. The highest BCUT2D eigenvalue weighted by molar-refractivity contribution is 5.81. The Labute approximate surface area is 137 Å². The van der Waals surface area contributed by atoms with E-state index in [9.17, 15) is 4.79 Å². The monoisotopic (exact) mass is 318 g/mol. The third-order valence-electron chi connectivity index (χ3n) is 5.01. The van der Waals surface area contributed by atoms with Gasteiger partial charge in [-0.3, -0.25) is 9.69 Å². The van der Waals surface area contributed by atoms with Gasteiger partial charge in [-0.25, -0.2) is 0 Å². The van der Waals surface area contributed by atoms with Crippen molar-refractivity contribution in [2.45, 2.75) is 45.1 Å². The molecule has 0 aromatic heterocycles. The van der Waals surface area contributed by atoms with Crippen molar-refractivity contribution in [1.29, 1.82) is 0 Å². The lowest BCUT2D eigenvalue weighted by atomic mass is 10.0. The fourth-order valence-electron chi connectivity index (χ4n) is 3.34. The zero-order chi connectivity index (χ0) is 16.3. The van der Waals surface area contributed by atoms with Gasteiger partial charge in [-0.15, -0.1) is 0 Å². The van der Waals surface area contributed by atoms with Gasteiger partial charge >= 0.3 is 0 Å². The molecule has 0 radical (unpaired) electrons. The zero-order valence-electron chi connectivity index (χ0n) is 14.0. The van der Waals surface area contributed by atoms with Gasteiger partial charge in [-0.2, -0.15) is 0 Å². The van der Waals surface area contributed by atoms with Crippen LogP contribution in [0.3, 0.4) is 0 Å². The highest BCUT2D eigenvalue weighted by Gasteiger charge is 2.41. The summed E-state index contributed by atoms with van der Waals surface area (Å²) in [6.45, 7) is 7.66. The van der Waals surface area contributed by atoms with Crippen LogP contribution in [0, 0.1) is 6.92 Å². The summed E-state index contributed by atoms with van der Waals surface area (Å²) in [5.41, 5.74) is 2.37. The molecule has 0 saturated carbocycles. The van der Waals surface area contributed by atoms with Crippen molar-refractivity contribution < 1.29 is 14.3 Å². The van der Waals surface area contributed by atoms with Gasteiger partial charge in [0.1, 0.15) is 0 Å². The molecule has 1 atom stereocenters. The standard InChI is InChI=1S/C18H26N2O3/c1-14-5-3-4-6-16(14)13-19-17(21)15(2)20-9-7-18(8-10-20)22-11-12-23-18/h3-6,15H,7-13H2,1-2H3,(H,19,21). The minimum atomic E-state index is -0.381. The van der Waals surface area contributed by atoms with Crippen molar-refractivity contribution in [3.63, 3.8) is 0 Å². The topological polar surface area (TPSA) is 50.8 Å². The molecule has 1 aromatic rings. The van der Waals surface area contributed by atoms with Crippen molar-refractivity contribution in [2.24, 2.45) is 0 Å². The quantitative estimate of drug-likeness (QED) is 0.920. The second-order valence-corrected chi connectivity index (χ2v) is 6.46. The maximum absolute atomic E-state index is 12.4. The van der Waals surface area contributed by atoms with Gasteiger partial charge in [0, 0.05) is 32.5 Å². The first-order valence-electron chi connectivity index (χ1n) is 8.44. The van der Waals surface area contributed by atoms with Gasteiger partial charge in [-0.1, -0.05) is 24.3 Å². The molecule has 1 N–H and O–H groups in total. The highest BCUT2D eigenvalue weighted by Crippen LogP contribution is 2.31. The minimum Gasteiger partial charge on any atom is -0.351 e. The summed E-state index contributed by atoms with van der Waals surface area (Å²) < 4.78 is 11.5. The van der Waals surface area contributed by atoms with Crippen LogP contribution in [0.5, 0.6) is 0 Å². The van der Waals surface area contributed by atoms with Crippen LogP contribution in [-0.2, 0) is 20.8 Å². The van der Waals surface area contributed by atoms with Crippen molar-refractivity contribution in [3.05, 3.63) is 35.4 Å². The van der Waals surface area contributed by atoms with Crippen LogP contribution in [-0.4, -0.2) is 48.9 Å². The molecule has 1 amide bonds. The Morgan fingerprint density at radius 3 is 2.57 bits per heavy atom. The first-order chi connectivity index (χ1) is 11.1. The van der Waals surface area contributed by atoms with E-state index in [-0.39, 0.29) is 17.7 Å². The fraction of sp³-hybridized carbons (Fsp3) is 0.611. The Balaban J connectivity index is 1.49. The molecular weight excluding hydrogens is 292 g/mol. The maximum Gasteiger partial charge on any atom is 0.237 e. The Hall–Kier alpha value is -1.43. The molecule has 3 rings (SSSR count). The molecular formula is C18H26N2O3. The fourth-order valence-corrected chi connectivity index (χ4v) is 3.34. The van der Waals surface area contributed by atoms with E-state index in [1.54, 1.807) is 0 Å². The molecule has 2 heterocycles. The van der Waals surface area contributed by atoms with E-state index < -0.39 is 0 Å². The number of carbonyl (C=O) groups is 1. The summed E-state index contributed by atoms with van der Waals surface area (Å²) in [6.07, 6.45) is 1.67.